The summed E-state index contributed by atoms with van der Waals surface area (Å²) in [6.07, 6.45) is 1.84. The van der Waals surface area contributed by atoms with Crippen LogP contribution in [0.4, 0.5) is 5.69 Å². The van der Waals surface area contributed by atoms with Crippen molar-refractivity contribution in [2.75, 3.05) is 19.5 Å². The predicted molar refractivity (Wildman–Crippen MR) is 111 cm³/mol. The van der Waals surface area contributed by atoms with Gasteiger partial charge in [-0.25, -0.2) is 9.78 Å². The van der Waals surface area contributed by atoms with Crippen LogP contribution in [0.25, 0.3) is 16.2 Å². The topological polar surface area (TPSA) is 81.9 Å². The van der Waals surface area contributed by atoms with Gasteiger partial charge >= 0.3 is 5.97 Å². The number of esters is 1. The fraction of sp³-hybridized carbons (Fsp3) is 0.0952. The number of methoxy groups -OCH3 is 2. The zero-order chi connectivity index (χ0) is 20.4. The lowest BCUT2D eigenvalue weighted by atomic mass is 10.2. The molecule has 0 atom stereocenters. The second-order valence-electron chi connectivity index (χ2n) is 6.15. The SMILES string of the molecule is COC(=O)c1ccc(NC(=O)c2csc3nc(-c4ccc(OC)cc4)cn23)cc1. The first-order valence-electron chi connectivity index (χ1n) is 8.70. The third-order valence-corrected chi connectivity index (χ3v) is 5.23. The molecule has 0 aliphatic rings. The van der Waals surface area contributed by atoms with E-state index in [9.17, 15) is 9.59 Å². The average molecular weight is 407 g/mol. The minimum Gasteiger partial charge on any atom is -0.497 e. The minimum atomic E-state index is -0.424. The molecule has 0 saturated carbocycles. The van der Waals surface area contributed by atoms with Crippen molar-refractivity contribution in [2.24, 2.45) is 0 Å². The Labute approximate surface area is 170 Å². The molecule has 7 nitrogen and oxygen atoms in total. The number of aromatic nitrogens is 2. The summed E-state index contributed by atoms with van der Waals surface area (Å²) >= 11 is 1.39. The molecule has 1 N–H and O–H groups in total. The number of carbonyl (C=O) groups is 2. The number of fused-ring (bicyclic) bond motifs is 1. The van der Waals surface area contributed by atoms with Gasteiger partial charge in [0.2, 0.25) is 0 Å². The Balaban J connectivity index is 1.56. The van der Waals surface area contributed by atoms with Gasteiger partial charge in [-0.05, 0) is 48.5 Å². The maximum Gasteiger partial charge on any atom is 0.337 e. The number of thiazole rings is 1. The van der Waals surface area contributed by atoms with Crippen LogP contribution >= 0.6 is 11.3 Å². The number of ether oxygens (including phenoxy) is 2. The summed E-state index contributed by atoms with van der Waals surface area (Å²) in [6.45, 7) is 0. The molecule has 29 heavy (non-hydrogen) atoms. The summed E-state index contributed by atoms with van der Waals surface area (Å²) in [6, 6.07) is 14.1. The Morgan fingerprint density at radius 1 is 1.03 bits per heavy atom. The molecule has 4 rings (SSSR count). The molecule has 0 aliphatic heterocycles. The van der Waals surface area contributed by atoms with Gasteiger partial charge in [0.1, 0.15) is 11.4 Å². The average Bonchev–Trinajstić information content (AvgIpc) is 3.34. The zero-order valence-electron chi connectivity index (χ0n) is 15.7. The minimum absolute atomic E-state index is 0.263. The number of hydrogen-bond donors (Lipinski definition) is 1. The predicted octanol–water partition coefficient (Wildman–Crippen LogP) is 4.11. The highest BCUT2D eigenvalue weighted by atomic mass is 32.1. The van der Waals surface area contributed by atoms with E-state index >= 15 is 0 Å². The summed E-state index contributed by atoms with van der Waals surface area (Å²) in [4.78, 5) is 29.6. The van der Waals surface area contributed by atoms with Crippen LogP contribution in [0.15, 0.2) is 60.1 Å². The number of benzene rings is 2. The molecule has 0 bridgehead atoms. The monoisotopic (exact) mass is 407 g/mol. The van der Waals surface area contributed by atoms with Crippen LogP contribution in [0.5, 0.6) is 5.75 Å². The van der Waals surface area contributed by atoms with Gasteiger partial charge in [0.15, 0.2) is 4.96 Å². The maximum atomic E-state index is 12.7. The van der Waals surface area contributed by atoms with Crippen LogP contribution in [-0.4, -0.2) is 35.5 Å². The normalized spacial score (nSPS) is 10.7. The van der Waals surface area contributed by atoms with Crippen molar-refractivity contribution >= 4 is 33.9 Å². The molecule has 0 saturated heterocycles. The van der Waals surface area contributed by atoms with Crippen molar-refractivity contribution in [3.63, 3.8) is 0 Å². The molecule has 2 aromatic carbocycles. The summed E-state index contributed by atoms with van der Waals surface area (Å²) in [5, 5.41) is 4.60. The largest absolute Gasteiger partial charge is 0.497 e. The lowest BCUT2D eigenvalue weighted by Crippen LogP contribution is -2.14. The number of carbonyl (C=O) groups excluding carboxylic acids is 2. The fourth-order valence-corrected chi connectivity index (χ4v) is 3.70. The first-order valence-corrected chi connectivity index (χ1v) is 9.58. The maximum absolute atomic E-state index is 12.7. The van der Waals surface area contributed by atoms with E-state index in [1.165, 1.54) is 18.4 Å². The smallest absolute Gasteiger partial charge is 0.337 e. The number of rotatable bonds is 5. The second kappa shape index (κ2) is 7.76. The van der Waals surface area contributed by atoms with Crippen molar-refractivity contribution in [1.82, 2.24) is 9.38 Å². The van der Waals surface area contributed by atoms with E-state index in [4.69, 9.17) is 4.74 Å². The molecule has 0 unspecified atom stereocenters. The van der Waals surface area contributed by atoms with Crippen molar-refractivity contribution in [2.45, 2.75) is 0 Å². The van der Waals surface area contributed by atoms with Crippen LogP contribution in [0.2, 0.25) is 0 Å². The van der Waals surface area contributed by atoms with Gasteiger partial charge in [-0.1, -0.05) is 0 Å². The highest BCUT2D eigenvalue weighted by molar-refractivity contribution is 7.15. The van der Waals surface area contributed by atoms with E-state index in [0.29, 0.717) is 16.9 Å². The zero-order valence-corrected chi connectivity index (χ0v) is 16.5. The summed E-state index contributed by atoms with van der Waals surface area (Å²) in [5.41, 5.74) is 3.19. The van der Waals surface area contributed by atoms with Crippen LogP contribution in [-0.2, 0) is 4.74 Å². The molecular weight excluding hydrogens is 390 g/mol. The third kappa shape index (κ3) is 3.70. The highest BCUT2D eigenvalue weighted by Gasteiger charge is 2.16. The number of hydrogen-bond acceptors (Lipinski definition) is 6. The van der Waals surface area contributed by atoms with Gasteiger partial charge in [-0.2, -0.15) is 0 Å². The van der Waals surface area contributed by atoms with E-state index in [2.05, 4.69) is 15.0 Å². The van der Waals surface area contributed by atoms with Crippen LogP contribution in [0.1, 0.15) is 20.8 Å². The lowest BCUT2D eigenvalue weighted by molar-refractivity contribution is 0.0600. The van der Waals surface area contributed by atoms with E-state index in [1.54, 1.807) is 41.2 Å². The number of amides is 1. The van der Waals surface area contributed by atoms with E-state index < -0.39 is 5.97 Å². The molecule has 8 heteroatoms. The van der Waals surface area contributed by atoms with Gasteiger partial charge in [0.05, 0.1) is 25.5 Å². The molecule has 4 aromatic rings. The number of nitrogens with zero attached hydrogens (tertiary/aromatic N) is 2. The Morgan fingerprint density at radius 3 is 2.41 bits per heavy atom. The quantitative estimate of drug-likeness (QED) is 0.504. The molecule has 0 spiro atoms. The van der Waals surface area contributed by atoms with Crippen LogP contribution < -0.4 is 10.1 Å². The van der Waals surface area contributed by atoms with Crippen LogP contribution in [0, 0.1) is 0 Å². The third-order valence-electron chi connectivity index (χ3n) is 4.39. The van der Waals surface area contributed by atoms with E-state index in [0.717, 1.165) is 22.0 Å². The molecular formula is C21H17N3O4S. The highest BCUT2D eigenvalue weighted by Crippen LogP contribution is 2.26. The molecule has 0 fully saturated rings. The number of anilines is 1. The van der Waals surface area contributed by atoms with Crippen molar-refractivity contribution in [3.05, 3.63) is 71.4 Å². The summed E-state index contributed by atoms with van der Waals surface area (Å²) in [7, 11) is 2.95. The second-order valence-corrected chi connectivity index (χ2v) is 6.99. The number of nitrogens with one attached hydrogen (secondary N) is 1. The summed E-state index contributed by atoms with van der Waals surface area (Å²) in [5.74, 6) is 0.0840. The van der Waals surface area contributed by atoms with Gasteiger partial charge < -0.3 is 14.8 Å². The van der Waals surface area contributed by atoms with Gasteiger partial charge in [0, 0.05) is 22.8 Å². The standard InChI is InChI=1S/C21H17N3O4S/c1-27-16-9-5-13(6-10-16)17-11-24-18(12-29-21(24)23-17)19(25)22-15-7-3-14(4-8-15)20(26)28-2/h3-12H,1-2H3,(H,22,25). The molecule has 1 amide bonds. The van der Waals surface area contributed by atoms with Crippen LogP contribution in [0.3, 0.4) is 0 Å². The Kier molecular flexibility index (Phi) is 5.01. The molecule has 2 heterocycles. The molecule has 2 aromatic heterocycles. The molecule has 0 radical (unpaired) electrons. The Morgan fingerprint density at radius 2 is 1.76 bits per heavy atom. The summed E-state index contributed by atoms with van der Waals surface area (Å²) < 4.78 is 11.6. The van der Waals surface area contributed by atoms with Crippen molar-refractivity contribution in [3.8, 4) is 17.0 Å². The van der Waals surface area contributed by atoms with Crippen molar-refractivity contribution in [1.29, 1.82) is 0 Å². The van der Waals surface area contributed by atoms with Gasteiger partial charge in [0.25, 0.3) is 5.91 Å². The van der Waals surface area contributed by atoms with E-state index in [-0.39, 0.29) is 5.91 Å². The first kappa shape index (κ1) is 18.7. The first-order chi connectivity index (χ1) is 14.1. The fourth-order valence-electron chi connectivity index (χ4n) is 2.85. The lowest BCUT2D eigenvalue weighted by Gasteiger charge is -2.05. The Bertz CT molecular complexity index is 1180. The number of imidazole rings is 1. The Hall–Kier alpha value is -3.65. The van der Waals surface area contributed by atoms with Gasteiger partial charge in [-0.3, -0.25) is 9.20 Å². The molecule has 0 aliphatic carbocycles. The molecule has 146 valence electrons. The van der Waals surface area contributed by atoms with Gasteiger partial charge in [-0.15, -0.1) is 11.3 Å². The van der Waals surface area contributed by atoms with Crippen molar-refractivity contribution < 1.29 is 19.1 Å². The van der Waals surface area contributed by atoms with E-state index in [1.807, 2.05) is 30.5 Å².